The van der Waals surface area contributed by atoms with Gasteiger partial charge >= 0.3 is 5.97 Å². The van der Waals surface area contributed by atoms with Crippen molar-refractivity contribution in [3.63, 3.8) is 0 Å². The van der Waals surface area contributed by atoms with Crippen LogP contribution < -0.4 is 0 Å². The fourth-order valence-corrected chi connectivity index (χ4v) is 2.36. The summed E-state index contributed by atoms with van der Waals surface area (Å²) >= 11 is 0. The van der Waals surface area contributed by atoms with Crippen LogP contribution in [0.25, 0.3) is 0 Å². The Morgan fingerprint density at radius 2 is 2.11 bits per heavy atom. The molecule has 1 saturated carbocycles. The Balaban J connectivity index is 2.24. The summed E-state index contributed by atoms with van der Waals surface area (Å²) in [5.74, 6) is -0.228. The fraction of sp³-hybridized carbons (Fsp3) is 0.533. The summed E-state index contributed by atoms with van der Waals surface area (Å²) in [7, 11) is 0. The zero-order valence-corrected chi connectivity index (χ0v) is 11.3. The van der Waals surface area contributed by atoms with E-state index in [2.05, 4.69) is 4.90 Å². The SMILES string of the molecule is CCOC(=O)C(c1ccccc1)N(CCO)C1CC1. The number of nitrogens with zero attached hydrogens (tertiary/aromatic N) is 1. The first-order valence-electron chi connectivity index (χ1n) is 6.86. The van der Waals surface area contributed by atoms with Crippen LogP contribution >= 0.6 is 0 Å². The Hall–Kier alpha value is -1.39. The molecule has 4 heteroatoms. The van der Waals surface area contributed by atoms with Crippen molar-refractivity contribution in [1.29, 1.82) is 0 Å². The Morgan fingerprint density at radius 1 is 1.42 bits per heavy atom. The second-order valence-electron chi connectivity index (χ2n) is 4.76. The number of esters is 1. The summed E-state index contributed by atoms with van der Waals surface area (Å²) in [6.45, 7) is 2.75. The van der Waals surface area contributed by atoms with Crippen molar-refractivity contribution in [3.8, 4) is 0 Å². The monoisotopic (exact) mass is 263 g/mol. The number of rotatable bonds is 7. The van der Waals surface area contributed by atoms with E-state index in [1.165, 1.54) is 0 Å². The van der Waals surface area contributed by atoms with Gasteiger partial charge in [-0.15, -0.1) is 0 Å². The minimum absolute atomic E-state index is 0.0548. The van der Waals surface area contributed by atoms with Gasteiger partial charge in [0.1, 0.15) is 6.04 Å². The molecule has 0 saturated heterocycles. The first-order valence-corrected chi connectivity index (χ1v) is 6.86. The lowest BCUT2D eigenvalue weighted by molar-refractivity contribution is -0.150. The molecule has 0 aliphatic heterocycles. The Bertz CT molecular complexity index is 403. The van der Waals surface area contributed by atoms with Gasteiger partial charge < -0.3 is 9.84 Å². The number of benzene rings is 1. The van der Waals surface area contributed by atoms with E-state index < -0.39 is 6.04 Å². The highest BCUT2D eigenvalue weighted by Gasteiger charge is 2.38. The molecular weight excluding hydrogens is 242 g/mol. The van der Waals surface area contributed by atoms with Gasteiger partial charge in [-0.2, -0.15) is 0 Å². The molecule has 0 bridgehead atoms. The average Bonchev–Trinajstić information content (AvgIpc) is 3.24. The molecule has 0 amide bonds. The molecule has 2 rings (SSSR count). The number of hydrogen-bond acceptors (Lipinski definition) is 4. The lowest BCUT2D eigenvalue weighted by Crippen LogP contribution is -2.38. The zero-order chi connectivity index (χ0) is 13.7. The van der Waals surface area contributed by atoms with E-state index in [1.807, 2.05) is 37.3 Å². The third kappa shape index (κ3) is 3.55. The largest absolute Gasteiger partial charge is 0.465 e. The van der Waals surface area contributed by atoms with Crippen molar-refractivity contribution in [2.24, 2.45) is 0 Å². The van der Waals surface area contributed by atoms with Crippen LogP contribution in [0.1, 0.15) is 31.4 Å². The van der Waals surface area contributed by atoms with Gasteiger partial charge in [-0.1, -0.05) is 30.3 Å². The summed E-state index contributed by atoms with van der Waals surface area (Å²) in [5, 5.41) is 9.23. The summed E-state index contributed by atoms with van der Waals surface area (Å²) in [6, 6.07) is 9.64. The molecule has 0 heterocycles. The molecule has 0 aromatic heterocycles. The topological polar surface area (TPSA) is 49.8 Å². The van der Waals surface area contributed by atoms with E-state index in [4.69, 9.17) is 4.74 Å². The number of aliphatic hydroxyl groups is 1. The van der Waals surface area contributed by atoms with Crippen LogP contribution in [0.15, 0.2) is 30.3 Å². The van der Waals surface area contributed by atoms with Crippen LogP contribution in [0, 0.1) is 0 Å². The second kappa shape index (κ2) is 6.68. The van der Waals surface area contributed by atoms with Gasteiger partial charge in [0.2, 0.25) is 0 Å². The smallest absolute Gasteiger partial charge is 0.328 e. The highest BCUT2D eigenvalue weighted by Crippen LogP contribution is 2.34. The molecule has 4 nitrogen and oxygen atoms in total. The second-order valence-corrected chi connectivity index (χ2v) is 4.76. The first kappa shape index (κ1) is 14.0. The van der Waals surface area contributed by atoms with E-state index in [1.54, 1.807) is 0 Å². The first-order chi connectivity index (χ1) is 9.27. The van der Waals surface area contributed by atoms with Gasteiger partial charge in [-0.05, 0) is 25.3 Å². The van der Waals surface area contributed by atoms with Crippen LogP contribution in [-0.2, 0) is 9.53 Å². The molecule has 1 fully saturated rings. The number of aliphatic hydroxyl groups excluding tert-OH is 1. The average molecular weight is 263 g/mol. The molecule has 1 aliphatic rings. The van der Waals surface area contributed by atoms with E-state index >= 15 is 0 Å². The van der Waals surface area contributed by atoms with Crippen molar-refractivity contribution >= 4 is 5.97 Å². The van der Waals surface area contributed by atoms with Gasteiger partial charge in [-0.25, -0.2) is 4.79 Å². The quantitative estimate of drug-likeness (QED) is 0.761. The molecule has 1 aromatic rings. The molecule has 0 radical (unpaired) electrons. The Morgan fingerprint density at radius 3 is 2.63 bits per heavy atom. The number of ether oxygens (including phenoxy) is 1. The van der Waals surface area contributed by atoms with Gasteiger partial charge in [0.15, 0.2) is 0 Å². The number of hydrogen-bond donors (Lipinski definition) is 1. The molecule has 104 valence electrons. The predicted octanol–water partition coefficient (Wildman–Crippen LogP) is 1.75. The number of carbonyl (C=O) groups excluding carboxylic acids is 1. The van der Waals surface area contributed by atoms with Gasteiger partial charge in [0.05, 0.1) is 13.2 Å². The van der Waals surface area contributed by atoms with Gasteiger partial charge in [0, 0.05) is 12.6 Å². The number of carbonyl (C=O) groups is 1. The third-order valence-electron chi connectivity index (χ3n) is 3.33. The molecule has 1 unspecified atom stereocenters. The molecular formula is C15H21NO3. The maximum Gasteiger partial charge on any atom is 0.328 e. The molecule has 1 aliphatic carbocycles. The van der Waals surface area contributed by atoms with Crippen molar-refractivity contribution in [2.45, 2.75) is 31.8 Å². The van der Waals surface area contributed by atoms with E-state index in [9.17, 15) is 9.90 Å². The van der Waals surface area contributed by atoms with Crippen molar-refractivity contribution < 1.29 is 14.6 Å². The zero-order valence-electron chi connectivity index (χ0n) is 11.3. The van der Waals surface area contributed by atoms with E-state index in [-0.39, 0.29) is 12.6 Å². The van der Waals surface area contributed by atoms with Crippen LogP contribution in [0.5, 0.6) is 0 Å². The maximum atomic E-state index is 12.2. The van der Waals surface area contributed by atoms with Crippen LogP contribution in [0.2, 0.25) is 0 Å². The summed E-state index contributed by atoms with van der Waals surface area (Å²) < 4.78 is 5.20. The molecule has 19 heavy (non-hydrogen) atoms. The normalized spacial score (nSPS) is 16.4. The van der Waals surface area contributed by atoms with E-state index in [0.717, 1.165) is 18.4 Å². The van der Waals surface area contributed by atoms with Crippen LogP contribution in [0.4, 0.5) is 0 Å². The van der Waals surface area contributed by atoms with E-state index in [0.29, 0.717) is 19.2 Å². The molecule has 1 N–H and O–H groups in total. The summed E-state index contributed by atoms with van der Waals surface area (Å²) in [6.07, 6.45) is 2.17. The standard InChI is InChI=1S/C15H21NO3/c1-2-19-15(18)14(12-6-4-3-5-7-12)16(10-11-17)13-8-9-13/h3-7,13-14,17H,2,8-11H2,1H3. The Kier molecular flexibility index (Phi) is 4.93. The molecule has 1 atom stereocenters. The summed E-state index contributed by atoms with van der Waals surface area (Å²) in [5.41, 5.74) is 0.932. The fourth-order valence-electron chi connectivity index (χ4n) is 2.36. The van der Waals surface area contributed by atoms with Crippen molar-refractivity contribution in [1.82, 2.24) is 4.90 Å². The lowest BCUT2D eigenvalue weighted by Gasteiger charge is -2.29. The lowest BCUT2D eigenvalue weighted by atomic mass is 10.1. The highest BCUT2D eigenvalue weighted by atomic mass is 16.5. The molecule has 0 spiro atoms. The van der Waals surface area contributed by atoms with Crippen molar-refractivity contribution in [3.05, 3.63) is 35.9 Å². The predicted molar refractivity (Wildman–Crippen MR) is 72.6 cm³/mol. The minimum Gasteiger partial charge on any atom is -0.465 e. The van der Waals surface area contributed by atoms with Gasteiger partial charge in [0.25, 0.3) is 0 Å². The van der Waals surface area contributed by atoms with Crippen molar-refractivity contribution in [2.75, 3.05) is 19.8 Å². The third-order valence-corrected chi connectivity index (χ3v) is 3.33. The van der Waals surface area contributed by atoms with Crippen LogP contribution in [-0.4, -0.2) is 41.8 Å². The Labute approximate surface area is 114 Å². The molecule has 1 aromatic carbocycles. The van der Waals surface area contributed by atoms with Gasteiger partial charge in [-0.3, -0.25) is 4.90 Å². The minimum atomic E-state index is -0.402. The highest BCUT2D eigenvalue weighted by molar-refractivity contribution is 5.77. The van der Waals surface area contributed by atoms with Crippen LogP contribution in [0.3, 0.4) is 0 Å². The summed E-state index contributed by atoms with van der Waals surface area (Å²) in [4.78, 5) is 14.3. The maximum absolute atomic E-state index is 12.2.